The van der Waals surface area contributed by atoms with Crippen molar-refractivity contribution in [2.45, 2.75) is 40.0 Å². The minimum absolute atomic E-state index is 0.234. The molecule has 30 heavy (non-hydrogen) atoms. The number of aliphatic hydroxyl groups excluding tert-OH is 1. The van der Waals surface area contributed by atoms with E-state index < -0.39 is 6.10 Å². The second-order valence-electron chi connectivity index (χ2n) is 7.56. The second-order valence-corrected chi connectivity index (χ2v) is 7.56. The molecule has 0 bridgehead atoms. The van der Waals surface area contributed by atoms with E-state index in [0.29, 0.717) is 26.2 Å². The maximum Gasteiger partial charge on any atom is 0.122 e. The van der Waals surface area contributed by atoms with Crippen LogP contribution >= 0.6 is 0 Å². The minimum atomic E-state index is -0.629. The summed E-state index contributed by atoms with van der Waals surface area (Å²) >= 11 is 0. The maximum atomic E-state index is 10.6. The zero-order chi connectivity index (χ0) is 21.3. The van der Waals surface area contributed by atoms with Crippen LogP contribution in [0.15, 0.2) is 65.3 Å². The van der Waals surface area contributed by atoms with Crippen molar-refractivity contribution in [3.8, 4) is 11.5 Å². The second kappa shape index (κ2) is 10.9. The summed E-state index contributed by atoms with van der Waals surface area (Å²) in [5, 5.41) is 10.6. The Hall–Kier alpha value is -2.76. The first-order valence-corrected chi connectivity index (χ1v) is 10.4. The van der Waals surface area contributed by atoms with Crippen LogP contribution in [0.25, 0.3) is 0 Å². The molecule has 160 valence electrons. The van der Waals surface area contributed by atoms with E-state index in [4.69, 9.17) is 13.9 Å². The zero-order valence-electron chi connectivity index (χ0n) is 18.0. The fourth-order valence-corrected chi connectivity index (χ4v) is 3.46. The van der Waals surface area contributed by atoms with Crippen LogP contribution in [0.1, 0.15) is 29.4 Å². The van der Waals surface area contributed by atoms with Gasteiger partial charge >= 0.3 is 0 Å². The van der Waals surface area contributed by atoms with Crippen LogP contribution in [0.5, 0.6) is 11.5 Å². The van der Waals surface area contributed by atoms with Gasteiger partial charge in [-0.15, -0.1) is 0 Å². The van der Waals surface area contributed by atoms with E-state index in [9.17, 15) is 5.11 Å². The summed E-state index contributed by atoms with van der Waals surface area (Å²) in [5.41, 5.74) is 3.39. The van der Waals surface area contributed by atoms with Gasteiger partial charge in [0, 0.05) is 13.1 Å². The Morgan fingerprint density at radius 1 is 1.00 bits per heavy atom. The molecule has 0 fully saturated rings. The standard InChI is InChI=1S/C25H31NO4/c1-4-28-23-8-5-7-21(14-23)15-26(17-24-9-6-12-29-24)16-22(27)18-30-25-11-10-19(2)13-20(25)3/h5-14,22,27H,4,15-18H2,1-3H3. The van der Waals surface area contributed by atoms with Gasteiger partial charge in [0.15, 0.2) is 0 Å². The minimum Gasteiger partial charge on any atom is -0.494 e. The molecule has 2 aromatic carbocycles. The van der Waals surface area contributed by atoms with Crippen LogP contribution in [0.3, 0.4) is 0 Å². The number of ether oxygens (including phenoxy) is 2. The van der Waals surface area contributed by atoms with Crippen LogP contribution in [0, 0.1) is 13.8 Å². The lowest BCUT2D eigenvalue weighted by Gasteiger charge is -2.25. The molecule has 1 heterocycles. The molecular formula is C25H31NO4. The van der Waals surface area contributed by atoms with Crippen molar-refractivity contribution in [2.24, 2.45) is 0 Å². The van der Waals surface area contributed by atoms with Crippen molar-refractivity contribution < 1.29 is 19.0 Å². The number of aryl methyl sites for hydroxylation is 2. The van der Waals surface area contributed by atoms with Crippen LogP contribution in [0.4, 0.5) is 0 Å². The third-order valence-corrected chi connectivity index (χ3v) is 4.81. The fourth-order valence-electron chi connectivity index (χ4n) is 3.46. The largest absolute Gasteiger partial charge is 0.494 e. The maximum absolute atomic E-state index is 10.6. The number of furan rings is 1. The Labute approximate surface area is 178 Å². The molecule has 0 amide bonds. The first-order valence-electron chi connectivity index (χ1n) is 10.4. The lowest BCUT2D eigenvalue weighted by molar-refractivity contribution is 0.0602. The number of hydrogen-bond acceptors (Lipinski definition) is 5. The van der Waals surface area contributed by atoms with Gasteiger partial charge in [-0.25, -0.2) is 0 Å². The van der Waals surface area contributed by atoms with Crippen molar-refractivity contribution in [3.63, 3.8) is 0 Å². The number of hydrogen-bond donors (Lipinski definition) is 1. The monoisotopic (exact) mass is 409 g/mol. The van der Waals surface area contributed by atoms with Crippen molar-refractivity contribution in [1.29, 1.82) is 0 Å². The Balaban J connectivity index is 1.63. The van der Waals surface area contributed by atoms with E-state index >= 15 is 0 Å². The molecule has 5 heteroatoms. The molecule has 0 aliphatic carbocycles. The smallest absolute Gasteiger partial charge is 0.122 e. The molecule has 0 spiro atoms. The van der Waals surface area contributed by atoms with Gasteiger partial charge < -0.3 is 19.0 Å². The predicted octanol–water partition coefficient (Wildman–Crippen LogP) is 4.74. The van der Waals surface area contributed by atoms with Crippen molar-refractivity contribution in [1.82, 2.24) is 4.90 Å². The Kier molecular flexibility index (Phi) is 7.94. The topological polar surface area (TPSA) is 55.1 Å². The van der Waals surface area contributed by atoms with E-state index in [1.54, 1.807) is 6.26 Å². The van der Waals surface area contributed by atoms with Crippen LogP contribution in [-0.2, 0) is 13.1 Å². The average molecular weight is 410 g/mol. The molecule has 1 N–H and O–H groups in total. The van der Waals surface area contributed by atoms with Gasteiger partial charge in [-0.05, 0) is 62.2 Å². The lowest BCUT2D eigenvalue weighted by Crippen LogP contribution is -2.35. The average Bonchev–Trinajstić information content (AvgIpc) is 3.21. The zero-order valence-corrected chi connectivity index (χ0v) is 18.0. The summed E-state index contributed by atoms with van der Waals surface area (Å²) in [6.45, 7) is 8.65. The van der Waals surface area contributed by atoms with Gasteiger partial charge in [0.2, 0.25) is 0 Å². The highest BCUT2D eigenvalue weighted by molar-refractivity contribution is 5.35. The highest BCUT2D eigenvalue weighted by Gasteiger charge is 2.16. The molecular weight excluding hydrogens is 378 g/mol. The fraction of sp³-hybridized carbons (Fsp3) is 0.360. The molecule has 0 saturated heterocycles. The lowest BCUT2D eigenvalue weighted by atomic mass is 10.1. The summed E-state index contributed by atoms with van der Waals surface area (Å²) in [5.74, 6) is 2.52. The van der Waals surface area contributed by atoms with Crippen molar-refractivity contribution in [3.05, 3.63) is 83.3 Å². The Morgan fingerprint density at radius 2 is 1.87 bits per heavy atom. The van der Waals surface area contributed by atoms with E-state index in [-0.39, 0.29) is 6.61 Å². The molecule has 0 saturated carbocycles. The molecule has 3 aromatic rings. The number of rotatable bonds is 11. The predicted molar refractivity (Wildman–Crippen MR) is 118 cm³/mol. The van der Waals surface area contributed by atoms with Gasteiger partial charge in [0.1, 0.15) is 30.0 Å². The quantitative estimate of drug-likeness (QED) is 0.496. The molecule has 0 aliphatic heterocycles. The van der Waals surface area contributed by atoms with Crippen molar-refractivity contribution >= 4 is 0 Å². The first-order chi connectivity index (χ1) is 14.5. The van der Waals surface area contributed by atoms with E-state index in [1.165, 1.54) is 5.56 Å². The normalized spacial score (nSPS) is 12.2. The highest BCUT2D eigenvalue weighted by atomic mass is 16.5. The highest BCUT2D eigenvalue weighted by Crippen LogP contribution is 2.20. The number of aliphatic hydroxyl groups is 1. The Morgan fingerprint density at radius 3 is 2.60 bits per heavy atom. The third kappa shape index (κ3) is 6.65. The summed E-state index contributed by atoms with van der Waals surface area (Å²) in [4.78, 5) is 2.15. The molecule has 3 rings (SSSR count). The summed E-state index contributed by atoms with van der Waals surface area (Å²) in [7, 11) is 0. The van der Waals surface area contributed by atoms with Gasteiger partial charge in [-0.1, -0.05) is 29.8 Å². The van der Waals surface area contributed by atoms with Gasteiger partial charge in [0.05, 0.1) is 19.4 Å². The van der Waals surface area contributed by atoms with E-state index in [1.807, 2.05) is 56.3 Å². The summed E-state index contributed by atoms with van der Waals surface area (Å²) in [6.07, 6.45) is 1.04. The van der Waals surface area contributed by atoms with Crippen LogP contribution in [0.2, 0.25) is 0 Å². The third-order valence-electron chi connectivity index (χ3n) is 4.81. The number of nitrogens with zero attached hydrogens (tertiary/aromatic N) is 1. The van der Waals surface area contributed by atoms with Crippen LogP contribution < -0.4 is 9.47 Å². The molecule has 1 atom stereocenters. The number of benzene rings is 2. The van der Waals surface area contributed by atoms with Gasteiger partial charge in [0.25, 0.3) is 0 Å². The van der Waals surface area contributed by atoms with Gasteiger partial charge in [-0.3, -0.25) is 4.90 Å². The summed E-state index contributed by atoms with van der Waals surface area (Å²) in [6, 6.07) is 17.9. The van der Waals surface area contributed by atoms with E-state index in [0.717, 1.165) is 28.4 Å². The van der Waals surface area contributed by atoms with Gasteiger partial charge in [-0.2, -0.15) is 0 Å². The molecule has 5 nitrogen and oxygen atoms in total. The molecule has 1 aromatic heterocycles. The van der Waals surface area contributed by atoms with Crippen LogP contribution in [-0.4, -0.2) is 35.9 Å². The molecule has 0 radical (unpaired) electrons. The molecule has 1 unspecified atom stereocenters. The first kappa shape index (κ1) is 21.9. The molecule has 0 aliphatic rings. The summed E-state index contributed by atoms with van der Waals surface area (Å²) < 4.78 is 17.0. The Bertz CT molecular complexity index is 907. The SMILES string of the molecule is CCOc1cccc(CN(Cc2ccco2)CC(O)COc2ccc(C)cc2C)c1. The van der Waals surface area contributed by atoms with Crippen molar-refractivity contribution in [2.75, 3.05) is 19.8 Å². The van der Waals surface area contributed by atoms with E-state index in [2.05, 4.69) is 24.0 Å².